The summed E-state index contributed by atoms with van der Waals surface area (Å²) in [6.45, 7) is 0. The zero-order chi connectivity index (χ0) is 7.56. The first-order valence-corrected chi connectivity index (χ1v) is 3.78. The number of furan rings is 1. The molecule has 0 spiro atoms. The molecule has 0 aliphatic carbocycles. The predicted molar refractivity (Wildman–Crippen MR) is 42.1 cm³/mol. The van der Waals surface area contributed by atoms with Gasteiger partial charge in [-0.3, -0.25) is 0 Å². The molecule has 0 bridgehead atoms. The van der Waals surface area contributed by atoms with Gasteiger partial charge in [0.25, 0.3) is 5.95 Å². The molecule has 0 aliphatic rings. The van der Waals surface area contributed by atoms with Gasteiger partial charge in [0.05, 0.1) is 0 Å². The van der Waals surface area contributed by atoms with Crippen molar-refractivity contribution < 1.29 is 13.9 Å². The molecule has 0 amide bonds. The third kappa shape index (κ3) is 2.12. The van der Waals surface area contributed by atoms with Crippen molar-refractivity contribution in [1.29, 1.82) is 0 Å². The largest absolute Gasteiger partial charge is 0.418 e. The van der Waals surface area contributed by atoms with E-state index in [1.54, 1.807) is 12.1 Å². The number of carbonyl (C=O) groups is 1. The fourth-order valence-electron chi connectivity index (χ4n) is 0.452. The van der Waals surface area contributed by atoms with E-state index in [0.717, 1.165) is 0 Å². The van der Waals surface area contributed by atoms with Crippen molar-refractivity contribution in [1.82, 2.24) is 0 Å². The van der Waals surface area contributed by atoms with Crippen LogP contribution in [0, 0.1) is 0 Å². The lowest BCUT2D eigenvalue weighted by atomic mass is 10.7. The average molecular weight is 223 g/mol. The highest BCUT2D eigenvalue weighted by molar-refractivity contribution is 9.10. The van der Waals surface area contributed by atoms with Crippen LogP contribution in [-0.2, 0) is 0 Å². The molecule has 0 saturated heterocycles. The first kappa shape index (κ1) is 7.76. The summed E-state index contributed by atoms with van der Waals surface area (Å²) in [5.41, 5.74) is -0.471. The summed E-state index contributed by atoms with van der Waals surface area (Å²) in [5.74, 6) is 0.187. The first-order chi connectivity index (χ1) is 4.68. The van der Waals surface area contributed by atoms with E-state index < -0.39 is 5.71 Å². The Morgan fingerprint density at radius 1 is 1.70 bits per heavy atom. The normalized spacial score (nSPS) is 9.40. The summed E-state index contributed by atoms with van der Waals surface area (Å²) in [4.78, 5) is 10.3. The molecule has 1 unspecified atom stereocenters. The highest BCUT2D eigenvalue weighted by atomic mass is 79.9. The van der Waals surface area contributed by atoms with Crippen LogP contribution < -0.4 is 4.74 Å². The number of carbonyl (C=O) groups excluding carboxylic acids is 1. The number of halogens is 1. The maximum atomic E-state index is 10.3. The van der Waals surface area contributed by atoms with Gasteiger partial charge in [0.1, 0.15) is 0 Å². The van der Waals surface area contributed by atoms with Crippen molar-refractivity contribution >= 4 is 30.9 Å². The molecule has 3 nitrogen and oxygen atoms in total. The molecule has 0 radical (unpaired) electrons. The van der Waals surface area contributed by atoms with E-state index in [1.165, 1.54) is 0 Å². The van der Waals surface area contributed by atoms with E-state index in [9.17, 15) is 4.79 Å². The highest BCUT2D eigenvalue weighted by Gasteiger charge is 2.01. The summed E-state index contributed by atoms with van der Waals surface area (Å²) in [7, 11) is 1.88. The third-order valence-electron chi connectivity index (χ3n) is 0.750. The van der Waals surface area contributed by atoms with E-state index in [4.69, 9.17) is 4.42 Å². The lowest BCUT2D eigenvalue weighted by Crippen LogP contribution is -1.92. The minimum Gasteiger partial charge on any atom is -0.418 e. The SMILES string of the molecule is O=C(P)Oc1ccc(Br)o1. The van der Waals surface area contributed by atoms with Crippen molar-refractivity contribution in [2.45, 2.75) is 0 Å². The van der Waals surface area contributed by atoms with Gasteiger partial charge in [-0.05, 0) is 31.2 Å². The quantitative estimate of drug-likeness (QED) is 0.686. The monoisotopic (exact) mass is 222 g/mol. The Balaban J connectivity index is 2.67. The van der Waals surface area contributed by atoms with E-state index in [2.05, 4.69) is 20.7 Å². The Morgan fingerprint density at radius 2 is 2.40 bits per heavy atom. The van der Waals surface area contributed by atoms with E-state index in [1.807, 2.05) is 9.24 Å². The highest BCUT2D eigenvalue weighted by Crippen LogP contribution is 2.21. The van der Waals surface area contributed by atoms with Gasteiger partial charge < -0.3 is 9.15 Å². The smallest absolute Gasteiger partial charge is 0.327 e. The molecule has 1 rings (SSSR count). The summed E-state index contributed by atoms with van der Waals surface area (Å²) >= 11 is 3.06. The number of hydrogen-bond donors (Lipinski definition) is 0. The van der Waals surface area contributed by atoms with Gasteiger partial charge in [0.2, 0.25) is 0 Å². The van der Waals surface area contributed by atoms with Crippen LogP contribution in [0.1, 0.15) is 0 Å². The number of ether oxygens (including phenoxy) is 1. The second kappa shape index (κ2) is 3.17. The van der Waals surface area contributed by atoms with Gasteiger partial charge in [-0.2, -0.15) is 0 Å². The van der Waals surface area contributed by atoms with Crippen molar-refractivity contribution in [3.05, 3.63) is 16.8 Å². The lowest BCUT2D eigenvalue weighted by Gasteiger charge is -1.91. The standard InChI is InChI=1S/C5H4BrO3P/c6-3-1-2-4(8-3)9-5(7)10/h1-2H,10H2. The zero-order valence-corrected chi connectivity index (χ0v) is 7.58. The summed E-state index contributed by atoms with van der Waals surface area (Å²) in [6, 6.07) is 3.19. The Bertz CT molecular complexity index is 245. The second-order valence-corrected chi connectivity index (χ2v) is 2.73. The lowest BCUT2D eigenvalue weighted by molar-refractivity contribution is 0.213. The Morgan fingerprint density at radius 3 is 2.80 bits per heavy atom. The molecule has 0 N–H and O–H groups in total. The molecule has 1 atom stereocenters. The molecule has 1 aromatic rings. The van der Waals surface area contributed by atoms with E-state index in [-0.39, 0.29) is 5.95 Å². The van der Waals surface area contributed by atoms with Crippen molar-refractivity contribution in [2.75, 3.05) is 0 Å². The number of rotatable bonds is 1. The van der Waals surface area contributed by atoms with E-state index in [0.29, 0.717) is 4.67 Å². The summed E-state index contributed by atoms with van der Waals surface area (Å²) in [6.07, 6.45) is 0. The van der Waals surface area contributed by atoms with Crippen molar-refractivity contribution in [2.24, 2.45) is 0 Å². The van der Waals surface area contributed by atoms with Crippen LogP contribution in [0.25, 0.3) is 0 Å². The molecule has 0 aliphatic heterocycles. The van der Waals surface area contributed by atoms with Gasteiger partial charge in [0.15, 0.2) is 4.67 Å². The molecule has 54 valence electrons. The van der Waals surface area contributed by atoms with Gasteiger partial charge in [-0.25, -0.2) is 4.79 Å². The predicted octanol–water partition coefficient (Wildman–Crippen LogP) is 2.42. The van der Waals surface area contributed by atoms with Crippen molar-refractivity contribution in [3.63, 3.8) is 0 Å². The number of hydrogen-bond acceptors (Lipinski definition) is 3. The fraction of sp³-hybridized carbons (Fsp3) is 0. The van der Waals surface area contributed by atoms with Crippen LogP contribution in [0.3, 0.4) is 0 Å². The maximum Gasteiger partial charge on any atom is 0.327 e. The summed E-state index contributed by atoms with van der Waals surface area (Å²) < 4.78 is 9.95. The minimum atomic E-state index is -0.471. The Labute approximate surface area is 68.1 Å². The molecule has 1 aromatic heterocycles. The molecule has 5 heteroatoms. The van der Waals surface area contributed by atoms with Crippen LogP contribution in [0.15, 0.2) is 21.2 Å². The van der Waals surface area contributed by atoms with Crippen LogP contribution in [0.5, 0.6) is 5.95 Å². The van der Waals surface area contributed by atoms with Crippen LogP contribution in [0.4, 0.5) is 4.79 Å². The first-order valence-electron chi connectivity index (χ1n) is 2.41. The topological polar surface area (TPSA) is 39.4 Å². The zero-order valence-electron chi connectivity index (χ0n) is 4.83. The molecule has 10 heavy (non-hydrogen) atoms. The van der Waals surface area contributed by atoms with Crippen LogP contribution >= 0.6 is 25.2 Å². The Kier molecular flexibility index (Phi) is 2.46. The molecule has 0 saturated carbocycles. The van der Waals surface area contributed by atoms with Gasteiger partial charge >= 0.3 is 5.71 Å². The van der Waals surface area contributed by atoms with Crippen molar-refractivity contribution in [3.8, 4) is 5.95 Å². The van der Waals surface area contributed by atoms with Gasteiger partial charge in [-0.1, -0.05) is 0 Å². The fourth-order valence-corrected chi connectivity index (χ4v) is 0.860. The van der Waals surface area contributed by atoms with E-state index >= 15 is 0 Å². The minimum absolute atomic E-state index is 0.187. The average Bonchev–Trinajstić information content (AvgIpc) is 2.13. The van der Waals surface area contributed by atoms with Crippen LogP contribution in [0.2, 0.25) is 0 Å². The maximum absolute atomic E-state index is 10.3. The third-order valence-corrected chi connectivity index (χ3v) is 1.29. The molecule has 0 fully saturated rings. The molecular weight excluding hydrogens is 219 g/mol. The van der Waals surface area contributed by atoms with Gasteiger partial charge in [-0.15, -0.1) is 0 Å². The second-order valence-electron chi connectivity index (χ2n) is 1.48. The molecule has 0 aromatic carbocycles. The summed E-state index contributed by atoms with van der Waals surface area (Å²) in [5, 5.41) is 0. The Hall–Kier alpha value is -0.340. The molecule has 1 heterocycles. The molecular formula is C5H4BrO3P. The van der Waals surface area contributed by atoms with Crippen LogP contribution in [-0.4, -0.2) is 5.71 Å². The van der Waals surface area contributed by atoms with Gasteiger partial charge in [0, 0.05) is 6.07 Å².